The lowest BCUT2D eigenvalue weighted by Crippen LogP contribution is -2.50. The van der Waals surface area contributed by atoms with Crippen LogP contribution in [0.1, 0.15) is 75.6 Å². The van der Waals surface area contributed by atoms with Crippen molar-refractivity contribution in [2.45, 2.75) is 123 Å². The number of benzene rings is 4. The summed E-state index contributed by atoms with van der Waals surface area (Å²) in [6, 6.07) is 39.7. The number of cyclic esters (lactones) is 1. The molecule has 2 fully saturated rings. The van der Waals surface area contributed by atoms with E-state index in [-0.39, 0.29) is 30.4 Å². The molecular formula is C46H56O11. The number of aliphatic hydroxyl groups excluding tert-OH is 1. The zero-order chi connectivity index (χ0) is 40.8. The molecule has 1 N–H and O–H groups in total. The van der Waals surface area contributed by atoms with Crippen molar-refractivity contribution in [3.8, 4) is 0 Å². The lowest BCUT2D eigenvalue weighted by Gasteiger charge is -2.39. The third-order valence-corrected chi connectivity index (χ3v) is 9.19. The van der Waals surface area contributed by atoms with E-state index in [1.54, 1.807) is 0 Å². The monoisotopic (exact) mass is 784 g/mol. The number of hydrogen-bond donors (Lipinski definition) is 1. The van der Waals surface area contributed by atoms with Crippen molar-refractivity contribution in [2.24, 2.45) is 0 Å². The fourth-order valence-electron chi connectivity index (χ4n) is 6.20. The SMILES string of the molecule is CC(=O)OC(C)=O.CC[C@@H]1C[C@H](OCc2ccccc2)[C@@H](OCc2ccccc2)C(=O)O1.CC[C@@H]1C[C@H](OCc2ccccc2)[C@@H](OCc2ccccc2)C(O)O1. The van der Waals surface area contributed by atoms with Crippen LogP contribution >= 0.6 is 0 Å². The molecule has 0 saturated carbocycles. The van der Waals surface area contributed by atoms with Gasteiger partial charge in [0.1, 0.15) is 12.2 Å². The highest BCUT2D eigenvalue weighted by atomic mass is 16.7. The van der Waals surface area contributed by atoms with E-state index in [4.69, 9.17) is 28.4 Å². The fourth-order valence-corrected chi connectivity index (χ4v) is 6.20. The van der Waals surface area contributed by atoms with Gasteiger partial charge in [-0.1, -0.05) is 135 Å². The van der Waals surface area contributed by atoms with Gasteiger partial charge in [0.15, 0.2) is 12.4 Å². The Bertz CT molecular complexity index is 1710. The maximum absolute atomic E-state index is 12.4. The molecule has 1 unspecified atom stereocenters. The molecule has 0 spiro atoms. The number of aliphatic hydroxyl groups is 1. The first-order valence-electron chi connectivity index (χ1n) is 19.5. The molecule has 11 heteroatoms. The van der Waals surface area contributed by atoms with Crippen LogP contribution in [0.4, 0.5) is 0 Å². The van der Waals surface area contributed by atoms with Crippen molar-refractivity contribution in [1.82, 2.24) is 0 Å². The lowest BCUT2D eigenvalue weighted by atomic mass is 10.00. The third kappa shape index (κ3) is 16.3. The Morgan fingerprint density at radius 1 is 0.579 bits per heavy atom. The number of rotatable bonds is 14. The molecule has 2 saturated heterocycles. The van der Waals surface area contributed by atoms with Gasteiger partial charge in [0.2, 0.25) is 0 Å². The van der Waals surface area contributed by atoms with Crippen LogP contribution in [-0.4, -0.2) is 65.9 Å². The molecule has 0 amide bonds. The van der Waals surface area contributed by atoms with Gasteiger partial charge in [-0.05, 0) is 35.1 Å². The largest absolute Gasteiger partial charge is 0.460 e. The first-order chi connectivity index (χ1) is 27.6. The summed E-state index contributed by atoms with van der Waals surface area (Å²) in [6.07, 6.45) is 0.247. The van der Waals surface area contributed by atoms with Crippen molar-refractivity contribution in [1.29, 1.82) is 0 Å². The van der Waals surface area contributed by atoms with Crippen LogP contribution in [0.5, 0.6) is 0 Å². The Kier molecular flexibility index (Phi) is 19.6. The van der Waals surface area contributed by atoms with Crippen molar-refractivity contribution in [3.05, 3.63) is 144 Å². The highest BCUT2D eigenvalue weighted by Crippen LogP contribution is 2.28. The maximum Gasteiger partial charge on any atom is 0.338 e. The van der Waals surface area contributed by atoms with Gasteiger partial charge in [-0.2, -0.15) is 0 Å². The van der Waals surface area contributed by atoms with Gasteiger partial charge in [-0.3, -0.25) is 9.59 Å². The molecule has 11 nitrogen and oxygen atoms in total. The number of hydrogen-bond acceptors (Lipinski definition) is 11. The Hall–Kier alpha value is -4.75. The minimum atomic E-state index is -0.969. The van der Waals surface area contributed by atoms with Gasteiger partial charge < -0.3 is 38.3 Å². The minimum absolute atomic E-state index is 0.00708. The molecule has 4 aromatic carbocycles. The summed E-state index contributed by atoms with van der Waals surface area (Å²) in [7, 11) is 0. The fraction of sp³-hybridized carbons (Fsp3) is 0.413. The molecule has 2 aliphatic heterocycles. The molecule has 2 heterocycles. The van der Waals surface area contributed by atoms with E-state index in [0.717, 1.165) is 41.5 Å². The van der Waals surface area contributed by atoms with Crippen LogP contribution in [0.15, 0.2) is 121 Å². The molecule has 0 aliphatic carbocycles. The van der Waals surface area contributed by atoms with Gasteiger partial charge in [0, 0.05) is 26.7 Å². The first-order valence-corrected chi connectivity index (χ1v) is 19.5. The van der Waals surface area contributed by atoms with Gasteiger partial charge >= 0.3 is 17.9 Å². The minimum Gasteiger partial charge on any atom is -0.460 e. The summed E-state index contributed by atoms with van der Waals surface area (Å²) in [6.45, 7) is 8.17. The molecular weight excluding hydrogens is 728 g/mol. The first kappa shape index (κ1) is 45.0. The number of ether oxygens (including phenoxy) is 7. The topological polar surface area (TPSA) is 136 Å². The summed E-state index contributed by atoms with van der Waals surface area (Å²) in [5, 5.41) is 10.4. The molecule has 2 aliphatic rings. The van der Waals surface area contributed by atoms with E-state index in [9.17, 15) is 19.5 Å². The zero-order valence-corrected chi connectivity index (χ0v) is 33.3. The van der Waals surface area contributed by atoms with Gasteiger partial charge in [-0.15, -0.1) is 0 Å². The van der Waals surface area contributed by atoms with Gasteiger partial charge in [0.25, 0.3) is 0 Å². The Morgan fingerprint density at radius 3 is 1.37 bits per heavy atom. The van der Waals surface area contributed by atoms with E-state index < -0.39 is 30.4 Å². The zero-order valence-electron chi connectivity index (χ0n) is 33.3. The quantitative estimate of drug-likeness (QED) is 0.0998. The normalized spacial score (nSPS) is 22.8. The van der Waals surface area contributed by atoms with Crippen LogP contribution in [0.25, 0.3) is 0 Å². The standard InChI is InChI=1S/C21H26O4.C21H24O4.C4H6O3/c2*1-2-18-13-19(23-14-16-9-5-3-6-10-16)20(21(22)25-18)24-15-17-11-7-4-8-12-17;1-3(5)7-4(2)6/h3-12,18-22H,2,13-15H2,1H3;3-12,18-20H,2,13-15H2,1H3;1-2H3/t18-,19+,20-,21?;18-,19+,20-;/m11./s1. The second-order valence-electron chi connectivity index (χ2n) is 13.7. The van der Waals surface area contributed by atoms with E-state index in [0.29, 0.717) is 32.8 Å². The van der Waals surface area contributed by atoms with E-state index in [2.05, 4.69) is 11.7 Å². The van der Waals surface area contributed by atoms with Gasteiger partial charge in [-0.25, -0.2) is 4.79 Å². The molecule has 57 heavy (non-hydrogen) atoms. The highest BCUT2D eigenvalue weighted by molar-refractivity contribution is 5.82. The van der Waals surface area contributed by atoms with E-state index >= 15 is 0 Å². The maximum atomic E-state index is 12.4. The number of carbonyl (C=O) groups is 3. The van der Waals surface area contributed by atoms with Gasteiger partial charge in [0.05, 0.1) is 44.7 Å². The summed E-state index contributed by atoms with van der Waals surface area (Å²) < 4.78 is 39.1. The Morgan fingerprint density at radius 2 is 0.965 bits per heavy atom. The van der Waals surface area contributed by atoms with Crippen LogP contribution in [0.3, 0.4) is 0 Å². The number of carbonyl (C=O) groups excluding carboxylic acids is 3. The average molecular weight is 785 g/mol. The van der Waals surface area contributed by atoms with E-state index in [1.807, 2.05) is 128 Å². The highest BCUT2D eigenvalue weighted by Gasteiger charge is 2.40. The predicted octanol–water partition coefficient (Wildman–Crippen LogP) is 7.65. The lowest BCUT2D eigenvalue weighted by molar-refractivity contribution is -0.271. The van der Waals surface area contributed by atoms with Crippen LogP contribution in [-0.2, 0) is 74.0 Å². The van der Waals surface area contributed by atoms with E-state index in [1.165, 1.54) is 13.8 Å². The Labute approximate surface area is 336 Å². The van der Waals surface area contributed by atoms with Crippen LogP contribution in [0.2, 0.25) is 0 Å². The Balaban J connectivity index is 0.000000217. The van der Waals surface area contributed by atoms with Crippen LogP contribution < -0.4 is 0 Å². The molecule has 306 valence electrons. The second-order valence-corrected chi connectivity index (χ2v) is 13.7. The number of esters is 3. The average Bonchev–Trinajstić information content (AvgIpc) is 3.22. The molecule has 7 atom stereocenters. The molecule has 0 bridgehead atoms. The predicted molar refractivity (Wildman–Crippen MR) is 213 cm³/mol. The summed E-state index contributed by atoms with van der Waals surface area (Å²) in [5.41, 5.74) is 4.28. The van der Waals surface area contributed by atoms with Crippen molar-refractivity contribution >= 4 is 17.9 Å². The third-order valence-electron chi connectivity index (χ3n) is 9.19. The summed E-state index contributed by atoms with van der Waals surface area (Å²) >= 11 is 0. The molecule has 0 aromatic heterocycles. The molecule has 4 aromatic rings. The second kappa shape index (κ2) is 24.8. The molecule has 6 rings (SSSR count). The molecule has 0 radical (unpaired) electrons. The smallest absolute Gasteiger partial charge is 0.338 e. The van der Waals surface area contributed by atoms with Crippen LogP contribution in [0, 0.1) is 0 Å². The van der Waals surface area contributed by atoms with Crippen molar-refractivity contribution in [2.75, 3.05) is 0 Å². The summed E-state index contributed by atoms with van der Waals surface area (Å²) in [4.78, 5) is 32.0. The van der Waals surface area contributed by atoms with Crippen molar-refractivity contribution < 1.29 is 52.6 Å². The van der Waals surface area contributed by atoms with Crippen molar-refractivity contribution in [3.63, 3.8) is 0 Å². The summed E-state index contributed by atoms with van der Waals surface area (Å²) in [5.74, 6) is -1.45.